The monoisotopic (exact) mass is 425 g/mol. The van der Waals surface area contributed by atoms with Gasteiger partial charge < -0.3 is 19.7 Å². The molecule has 1 heterocycles. The van der Waals surface area contributed by atoms with Crippen LogP contribution >= 0.6 is 0 Å². The molecule has 0 bridgehead atoms. The first-order valence-corrected chi connectivity index (χ1v) is 10.8. The molecular weight excluding hydrogens is 390 g/mol. The second kappa shape index (κ2) is 10.6. The van der Waals surface area contributed by atoms with Crippen LogP contribution in [0.25, 0.3) is 0 Å². The van der Waals surface area contributed by atoms with Gasteiger partial charge in [-0.1, -0.05) is 19.8 Å². The maximum atomic E-state index is 12.2. The molecule has 2 aliphatic rings. The number of rotatable bonds is 4. The Labute approximate surface area is 178 Å². The average molecular weight is 426 g/mol. The third-order valence-electron chi connectivity index (χ3n) is 5.51. The van der Waals surface area contributed by atoms with E-state index in [1.54, 1.807) is 25.7 Å². The summed E-state index contributed by atoms with van der Waals surface area (Å²) < 4.78 is 10.4. The fourth-order valence-corrected chi connectivity index (χ4v) is 3.78. The molecule has 1 aliphatic heterocycles. The van der Waals surface area contributed by atoms with Crippen molar-refractivity contribution in [3.63, 3.8) is 0 Å². The lowest BCUT2D eigenvalue weighted by Crippen LogP contribution is -2.48. The van der Waals surface area contributed by atoms with E-state index in [9.17, 15) is 19.2 Å². The number of nitrogens with one attached hydrogen (secondary N) is 2. The number of carbonyl (C=O) groups is 4. The molecule has 2 atom stereocenters. The van der Waals surface area contributed by atoms with Crippen LogP contribution in [0.2, 0.25) is 0 Å². The van der Waals surface area contributed by atoms with Gasteiger partial charge in [0, 0.05) is 19.1 Å². The number of carbonyl (C=O) groups excluding carboxylic acids is 4. The summed E-state index contributed by atoms with van der Waals surface area (Å²) in [6.45, 7) is 7.77. The Morgan fingerprint density at radius 2 is 1.63 bits per heavy atom. The van der Waals surface area contributed by atoms with Crippen molar-refractivity contribution >= 4 is 24.0 Å². The minimum absolute atomic E-state index is 0.0595. The van der Waals surface area contributed by atoms with E-state index in [0.717, 1.165) is 25.7 Å². The second-order valence-corrected chi connectivity index (χ2v) is 9.24. The van der Waals surface area contributed by atoms with Crippen molar-refractivity contribution < 1.29 is 28.7 Å². The smallest absolute Gasteiger partial charge is 0.410 e. The number of hydrogen-bond acceptors (Lipinski definition) is 6. The predicted octanol–water partition coefficient (Wildman–Crippen LogP) is 2.58. The quantitative estimate of drug-likeness (QED) is 0.669. The molecule has 170 valence electrons. The molecule has 0 unspecified atom stereocenters. The first-order chi connectivity index (χ1) is 14.0. The van der Waals surface area contributed by atoms with Crippen LogP contribution in [0, 0.1) is 11.8 Å². The highest BCUT2D eigenvalue weighted by Crippen LogP contribution is 2.23. The van der Waals surface area contributed by atoms with E-state index in [-0.39, 0.29) is 12.0 Å². The van der Waals surface area contributed by atoms with Crippen molar-refractivity contribution in [3.05, 3.63) is 0 Å². The number of ether oxygens (including phenoxy) is 2. The number of hydrogen-bond donors (Lipinski definition) is 2. The molecule has 4 amide bonds. The molecule has 0 radical (unpaired) electrons. The molecule has 0 spiro atoms. The van der Waals surface area contributed by atoms with E-state index in [1.807, 2.05) is 0 Å². The standard InChI is InChI=1S/C21H35N3O6/c1-14-7-5-6-8-16(14)22-19(27)23-17(25)13-29-18(26)15-9-11-24(12-10-15)20(28)30-21(2,3)4/h14-16H,5-13H2,1-4H3,(H2,22,23,25,27)/t14-,16+/m1/s1. The average Bonchev–Trinajstić information content (AvgIpc) is 2.66. The van der Waals surface area contributed by atoms with E-state index in [0.29, 0.717) is 31.8 Å². The van der Waals surface area contributed by atoms with Gasteiger partial charge in [-0.15, -0.1) is 0 Å². The zero-order chi connectivity index (χ0) is 22.3. The normalized spacial score (nSPS) is 22.7. The summed E-state index contributed by atoms with van der Waals surface area (Å²) in [5, 5.41) is 5.04. The van der Waals surface area contributed by atoms with Crippen molar-refractivity contribution in [3.8, 4) is 0 Å². The molecule has 2 rings (SSSR count). The largest absolute Gasteiger partial charge is 0.455 e. The number of amides is 4. The van der Waals surface area contributed by atoms with Gasteiger partial charge in [-0.3, -0.25) is 14.9 Å². The minimum Gasteiger partial charge on any atom is -0.455 e. The van der Waals surface area contributed by atoms with Crippen molar-refractivity contribution in [1.29, 1.82) is 0 Å². The number of esters is 1. The molecule has 0 aromatic heterocycles. The van der Waals surface area contributed by atoms with Crippen LogP contribution < -0.4 is 10.6 Å². The van der Waals surface area contributed by atoms with Crippen LogP contribution in [-0.4, -0.2) is 60.2 Å². The number of nitrogens with zero attached hydrogens (tertiary/aromatic N) is 1. The van der Waals surface area contributed by atoms with Crippen LogP contribution in [0.3, 0.4) is 0 Å². The number of likely N-dealkylation sites (tertiary alicyclic amines) is 1. The molecular formula is C21H35N3O6. The molecule has 30 heavy (non-hydrogen) atoms. The van der Waals surface area contributed by atoms with Gasteiger partial charge in [0.1, 0.15) is 5.60 Å². The summed E-state index contributed by atoms with van der Waals surface area (Å²) in [6, 6.07) is -0.496. The van der Waals surface area contributed by atoms with Crippen LogP contribution in [0.1, 0.15) is 66.2 Å². The minimum atomic E-state index is -0.657. The summed E-state index contributed by atoms with van der Waals surface area (Å²) in [6.07, 6.45) is 4.68. The highest BCUT2D eigenvalue weighted by Gasteiger charge is 2.31. The molecule has 9 nitrogen and oxygen atoms in total. The first kappa shape index (κ1) is 24.0. The lowest BCUT2D eigenvalue weighted by Gasteiger charge is -2.32. The maximum Gasteiger partial charge on any atom is 0.410 e. The van der Waals surface area contributed by atoms with Crippen LogP contribution in [0.15, 0.2) is 0 Å². The Balaban J connectivity index is 1.66. The van der Waals surface area contributed by atoms with E-state index in [1.165, 1.54) is 0 Å². The van der Waals surface area contributed by atoms with Gasteiger partial charge in [0.15, 0.2) is 6.61 Å². The van der Waals surface area contributed by atoms with Gasteiger partial charge in [-0.25, -0.2) is 9.59 Å². The van der Waals surface area contributed by atoms with Gasteiger partial charge in [0.25, 0.3) is 5.91 Å². The summed E-state index contributed by atoms with van der Waals surface area (Å²) in [5.41, 5.74) is -0.568. The molecule has 0 aromatic carbocycles. The lowest BCUT2D eigenvalue weighted by molar-refractivity contribution is -0.153. The van der Waals surface area contributed by atoms with Gasteiger partial charge in [0.05, 0.1) is 5.92 Å². The fourth-order valence-electron chi connectivity index (χ4n) is 3.78. The Bertz CT molecular complexity index is 637. The third kappa shape index (κ3) is 7.84. The van der Waals surface area contributed by atoms with Crippen molar-refractivity contribution in [2.45, 2.75) is 77.9 Å². The lowest BCUT2D eigenvalue weighted by atomic mass is 9.86. The van der Waals surface area contributed by atoms with Crippen LogP contribution in [-0.2, 0) is 19.1 Å². The maximum absolute atomic E-state index is 12.2. The second-order valence-electron chi connectivity index (χ2n) is 9.24. The van der Waals surface area contributed by atoms with E-state index < -0.39 is 36.2 Å². The van der Waals surface area contributed by atoms with Crippen LogP contribution in [0.5, 0.6) is 0 Å². The van der Waals surface area contributed by atoms with Crippen molar-refractivity contribution in [2.75, 3.05) is 19.7 Å². The zero-order valence-corrected chi connectivity index (χ0v) is 18.5. The molecule has 1 saturated carbocycles. The highest BCUT2D eigenvalue weighted by atomic mass is 16.6. The molecule has 9 heteroatoms. The number of urea groups is 1. The third-order valence-corrected chi connectivity index (χ3v) is 5.51. The molecule has 1 saturated heterocycles. The van der Waals surface area contributed by atoms with E-state index >= 15 is 0 Å². The van der Waals surface area contributed by atoms with Gasteiger partial charge in [-0.2, -0.15) is 0 Å². The van der Waals surface area contributed by atoms with Gasteiger partial charge >= 0.3 is 18.1 Å². The fraction of sp³-hybridized carbons (Fsp3) is 0.810. The van der Waals surface area contributed by atoms with E-state index in [2.05, 4.69) is 17.6 Å². The predicted molar refractivity (Wildman–Crippen MR) is 110 cm³/mol. The molecule has 0 aromatic rings. The molecule has 2 N–H and O–H groups in total. The Hall–Kier alpha value is -2.32. The SMILES string of the molecule is C[C@@H]1CCCC[C@@H]1NC(=O)NC(=O)COC(=O)C1CCN(C(=O)OC(C)(C)C)CC1. The molecule has 2 fully saturated rings. The zero-order valence-electron chi connectivity index (χ0n) is 18.5. The Morgan fingerprint density at radius 1 is 1.00 bits per heavy atom. The van der Waals surface area contributed by atoms with Crippen molar-refractivity contribution in [2.24, 2.45) is 11.8 Å². The van der Waals surface area contributed by atoms with Crippen LogP contribution in [0.4, 0.5) is 9.59 Å². The summed E-state index contributed by atoms with van der Waals surface area (Å²) in [4.78, 5) is 49.8. The van der Waals surface area contributed by atoms with Crippen molar-refractivity contribution in [1.82, 2.24) is 15.5 Å². The first-order valence-electron chi connectivity index (χ1n) is 10.8. The van der Waals surface area contributed by atoms with Gasteiger partial charge in [-0.05, 0) is 52.4 Å². The molecule has 1 aliphatic carbocycles. The Morgan fingerprint density at radius 3 is 2.23 bits per heavy atom. The summed E-state index contributed by atoms with van der Waals surface area (Å²) in [7, 11) is 0. The van der Waals surface area contributed by atoms with E-state index in [4.69, 9.17) is 9.47 Å². The number of imide groups is 1. The topological polar surface area (TPSA) is 114 Å². The highest BCUT2D eigenvalue weighted by molar-refractivity contribution is 5.95. The van der Waals surface area contributed by atoms with Gasteiger partial charge in [0.2, 0.25) is 0 Å². The summed E-state index contributed by atoms with van der Waals surface area (Å²) >= 11 is 0. The number of piperidine rings is 1. The Kier molecular flexibility index (Phi) is 8.49. The summed E-state index contributed by atoms with van der Waals surface area (Å²) in [5.74, 6) is -1.15.